The van der Waals surface area contributed by atoms with Crippen LogP contribution in [-0.4, -0.2) is 47.8 Å². The number of carbonyl (C=O) groups is 1. The highest BCUT2D eigenvalue weighted by atomic mass is 16.5. The number of hydrogen-bond donors (Lipinski definition) is 1. The minimum absolute atomic E-state index is 0.321. The molecule has 0 spiro atoms. The highest BCUT2D eigenvalue weighted by Crippen LogP contribution is 2.31. The molecule has 0 saturated carbocycles. The van der Waals surface area contributed by atoms with Crippen LogP contribution in [0.25, 0.3) is 0 Å². The lowest BCUT2D eigenvalue weighted by atomic mass is 9.85. The van der Waals surface area contributed by atoms with Crippen molar-refractivity contribution in [2.75, 3.05) is 20.3 Å². The molecule has 1 rings (SSSR count). The zero-order valence-corrected chi connectivity index (χ0v) is 11.4. The monoisotopic (exact) mass is 243 g/mol. The Balaban J connectivity index is 2.85. The summed E-state index contributed by atoms with van der Waals surface area (Å²) in [6, 6.07) is 0.321. The average Bonchev–Trinajstić information content (AvgIpc) is 2.29. The van der Waals surface area contributed by atoms with E-state index in [4.69, 9.17) is 4.74 Å². The van der Waals surface area contributed by atoms with Crippen molar-refractivity contribution in [3.8, 4) is 0 Å². The number of aliphatic carboxylic acids is 1. The number of nitrogens with zero attached hydrogens (tertiary/aromatic N) is 1. The van der Waals surface area contributed by atoms with Crippen molar-refractivity contribution in [1.29, 1.82) is 0 Å². The largest absolute Gasteiger partial charge is 0.480 e. The fraction of sp³-hybridized carbons (Fsp3) is 0.923. The van der Waals surface area contributed by atoms with Gasteiger partial charge in [-0.3, -0.25) is 9.69 Å². The van der Waals surface area contributed by atoms with Crippen molar-refractivity contribution < 1.29 is 14.6 Å². The molecule has 1 aliphatic rings. The van der Waals surface area contributed by atoms with Crippen molar-refractivity contribution >= 4 is 5.97 Å². The first-order chi connectivity index (χ1) is 7.93. The molecule has 4 nitrogen and oxygen atoms in total. The molecule has 0 aromatic carbocycles. The average molecular weight is 243 g/mol. The molecule has 1 saturated heterocycles. The SMILES string of the molecule is COCCC(C)(C(=O)O)N1CCCC(C)C1C. The van der Waals surface area contributed by atoms with E-state index in [1.54, 1.807) is 7.11 Å². The first-order valence-corrected chi connectivity index (χ1v) is 6.42. The van der Waals surface area contributed by atoms with Crippen molar-refractivity contribution in [2.45, 2.75) is 51.6 Å². The van der Waals surface area contributed by atoms with Gasteiger partial charge < -0.3 is 9.84 Å². The quantitative estimate of drug-likeness (QED) is 0.802. The summed E-state index contributed by atoms with van der Waals surface area (Å²) in [5, 5.41) is 9.52. The van der Waals surface area contributed by atoms with Gasteiger partial charge in [-0.15, -0.1) is 0 Å². The number of carboxylic acid groups (broad SMARTS) is 1. The van der Waals surface area contributed by atoms with Gasteiger partial charge in [0.2, 0.25) is 0 Å². The lowest BCUT2D eigenvalue weighted by Crippen LogP contribution is -2.59. The van der Waals surface area contributed by atoms with Crippen LogP contribution in [0.1, 0.15) is 40.0 Å². The summed E-state index contributed by atoms with van der Waals surface area (Å²) in [7, 11) is 1.62. The number of rotatable bonds is 5. The van der Waals surface area contributed by atoms with E-state index in [-0.39, 0.29) is 0 Å². The summed E-state index contributed by atoms with van der Waals surface area (Å²) in [6.45, 7) is 7.52. The van der Waals surface area contributed by atoms with Gasteiger partial charge in [0.15, 0.2) is 0 Å². The smallest absolute Gasteiger partial charge is 0.323 e. The zero-order chi connectivity index (χ0) is 13.1. The Kier molecular flexibility index (Phi) is 4.95. The first kappa shape index (κ1) is 14.5. The third-order valence-corrected chi connectivity index (χ3v) is 4.26. The Hall–Kier alpha value is -0.610. The van der Waals surface area contributed by atoms with Crippen LogP contribution in [0.3, 0.4) is 0 Å². The van der Waals surface area contributed by atoms with Crippen molar-refractivity contribution in [1.82, 2.24) is 4.90 Å². The summed E-state index contributed by atoms with van der Waals surface area (Å²) in [6.07, 6.45) is 2.81. The fourth-order valence-electron chi connectivity index (χ4n) is 2.71. The van der Waals surface area contributed by atoms with E-state index < -0.39 is 11.5 Å². The van der Waals surface area contributed by atoms with Crippen LogP contribution in [0.5, 0.6) is 0 Å². The number of likely N-dealkylation sites (tertiary alicyclic amines) is 1. The van der Waals surface area contributed by atoms with Gasteiger partial charge in [0.1, 0.15) is 5.54 Å². The molecule has 1 aliphatic heterocycles. The predicted octanol–water partition coefficient (Wildman–Crippen LogP) is 1.99. The molecule has 0 aromatic rings. The second-order valence-corrected chi connectivity index (χ2v) is 5.38. The molecule has 1 heterocycles. The van der Waals surface area contributed by atoms with E-state index in [2.05, 4.69) is 18.7 Å². The van der Waals surface area contributed by atoms with E-state index >= 15 is 0 Å². The minimum Gasteiger partial charge on any atom is -0.480 e. The molecule has 0 amide bonds. The van der Waals surface area contributed by atoms with Gasteiger partial charge in [0.25, 0.3) is 0 Å². The van der Waals surface area contributed by atoms with Crippen LogP contribution in [0.2, 0.25) is 0 Å². The van der Waals surface area contributed by atoms with Gasteiger partial charge in [-0.2, -0.15) is 0 Å². The molecule has 100 valence electrons. The number of hydrogen-bond acceptors (Lipinski definition) is 3. The summed E-state index contributed by atoms with van der Waals surface area (Å²) in [4.78, 5) is 13.7. The number of carboxylic acids is 1. The molecule has 0 radical (unpaired) electrons. The Labute approximate surface area is 104 Å². The van der Waals surface area contributed by atoms with Crippen molar-refractivity contribution in [3.63, 3.8) is 0 Å². The first-order valence-electron chi connectivity index (χ1n) is 6.42. The second kappa shape index (κ2) is 5.83. The van der Waals surface area contributed by atoms with E-state index in [0.717, 1.165) is 13.0 Å². The molecular formula is C13H25NO3. The lowest BCUT2D eigenvalue weighted by molar-refractivity contribution is -0.155. The van der Waals surface area contributed by atoms with Crippen LogP contribution in [0, 0.1) is 5.92 Å². The number of ether oxygens (including phenoxy) is 1. The zero-order valence-electron chi connectivity index (χ0n) is 11.4. The van der Waals surface area contributed by atoms with Crippen LogP contribution in [-0.2, 0) is 9.53 Å². The Morgan fingerprint density at radius 1 is 1.53 bits per heavy atom. The Bertz CT molecular complexity index is 269. The maximum Gasteiger partial charge on any atom is 0.323 e. The number of methoxy groups -OCH3 is 1. The summed E-state index contributed by atoms with van der Waals surface area (Å²) in [5.74, 6) is -0.180. The van der Waals surface area contributed by atoms with Crippen LogP contribution < -0.4 is 0 Å². The molecule has 3 unspecified atom stereocenters. The van der Waals surface area contributed by atoms with E-state index in [9.17, 15) is 9.90 Å². The predicted molar refractivity (Wildman–Crippen MR) is 67.1 cm³/mol. The maximum absolute atomic E-state index is 11.6. The molecular weight excluding hydrogens is 218 g/mol. The molecule has 1 N–H and O–H groups in total. The van der Waals surface area contributed by atoms with Gasteiger partial charge >= 0.3 is 5.97 Å². The van der Waals surface area contributed by atoms with Crippen LogP contribution >= 0.6 is 0 Å². The molecule has 0 aromatic heterocycles. The lowest BCUT2D eigenvalue weighted by Gasteiger charge is -2.47. The van der Waals surface area contributed by atoms with Crippen LogP contribution in [0.15, 0.2) is 0 Å². The summed E-state index contributed by atoms with van der Waals surface area (Å²) >= 11 is 0. The van der Waals surface area contributed by atoms with Gasteiger partial charge in [-0.05, 0) is 45.6 Å². The van der Waals surface area contributed by atoms with Gasteiger partial charge in [-0.1, -0.05) is 6.92 Å². The van der Waals surface area contributed by atoms with E-state index in [0.29, 0.717) is 25.0 Å². The topological polar surface area (TPSA) is 49.8 Å². The highest BCUT2D eigenvalue weighted by molar-refractivity contribution is 5.78. The highest BCUT2D eigenvalue weighted by Gasteiger charge is 2.43. The van der Waals surface area contributed by atoms with Gasteiger partial charge in [0, 0.05) is 19.8 Å². The van der Waals surface area contributed by atoms with Gasteiger partial charge in [-0.25, -0.2) is 0 Å². The Morgan fingerprint density at radius 2 is 2.18 bits per heavy atom. The van der Waals surface area contributed by atoms with Crippen molar-refractivity contribution in [3.05, 3.63) is 0 Å². The van der Waals surface area contributed by atoms with E-state index in [1.165, 1.54) is 6.42 Å². The maximum atomic E-state index is 11.6. The molecule has 4 heteroatoms. The normalized spacial score (nSPS) is 29.9. The molecule has 3 atom stereocenters. The summed E-state index contributed by atoms with van der Waals surface area (Å²) < 4.78 is 5.05. The standard InChI is InChI=1S/C13H25NO3/c1-10-6-5-8-14(11(10)2)13(3,12(15)16)7-9-17-4/h10-11H,5-9H2,1-4H3,(H,15,16). The fourth-order valence-corrected chi connectivity index (χ4v) is 2.71. The Morgan fingerprint density at radius 3 is 2.71 bits per heavy atom. The third kappa shape index (κ3) is 2.99. The molecule has 1 fully saturated rings. The number of piperidine rings is 1. The van der Waals surface area contributed by atoms with Crippen molar-refractivity contribution in [2.24, 2.45) is 5.92 Å². The van der Waals surface area contributed by atoms with Gasteiger partial charge in [0.05, 0.1) is 0 Å². The van der Waals surface area contributed by atoms with Crippen LogP contribution in [0.4, 0.5) is 0 Å². The minimum atomic E-state index is -0.801. The molecule has 17 heavy (non-hydrogen) atoms. The second-order valence-electron chi connectivity index (χ2n) is 5.38. The molecule has 0 aliphatic carbocycles. The molecule has 0 bridgehead atoms. The summed E-state index contributed by atoms with van der Waals surface area (Å²) in [5.41, 5.74) is -0.801. The van der Waals surface area contributed by atoms with E-state index in [1.807, 2.05) is 6.92 Å². The third-order valence-electron chi connectivity index (χ3n) is 4.26.